The van der Waals surface area contributed by atoms with Gasteiger partial charge in [-0.25, -0.2) is 0 Å². The van der Waals surface area contributed by atoms with Crippen LogP contribution in [0.15, 0.2) is 5.38 Å². The maximum absolute atomic E-state index is 11.9. The van der Waals surface area contributed by atoms with E-state index >= 15 is 0 Å². The van der Waals surface area contributed by atoms with Crippen LogP contribution in [-0.2, 0) is 0 Å². The number of hydrogen-bond donors (Lipinski definition) is 1. The average molecular weight is 223 g/mol. The lowest BCUT2D eigenvalue weighted by molar-refractivity contribution is 0.0681. The van der Waals surface area contributed by atoms with Gasteiger partial charge in [-0.05, 0) is 11.5 Å². The van der Waals surface area contributed by atoms with Crippen molar-refractivity contribution in [3.05, 3.63) is 11.1 Å². The smallest absolute Gasteiger partial charge is 0.276 e. The summed E-state index contributed by atoms with van der Waals surface area (Å²) in [6, 6.07) is 1.69. The van der Waals surface area contributed by atoms with E-state index in [0.29, 0.717) is 25.3 Å². The van der Waals surface area contributed by atoms with E-state index in [-0.39, 0.29) is 5.91 Å². The van der Waals surface area contributed by atoms with Crippen LogP contribution in [0.3, 0.4) is 0 Å². The molecule has 2 rings (SSSR count). The van der Waals surface area contributed by atoms with Gasteiger partial charge in [0, 0.05) is 25.0 Å². The van der Waals surface area contributed by atoms with Crippen LogP contribution in [0.4, 0.5) is 0 Å². The molecule has 1 atom stereocenters. The lowest BCUT2D eigenvalue weighted by Crippen LogP contribution is -2.53. The van der Waals surface area contributed by atoms with Crippen molar-refractivity contribution >= 4 is 17.4 Å². The van der Waals surface area contributed by atoms with Crippen LogP contribution in [0.25, 0.3) is 0 Å². The maximum atomic E-state index is 11.9. The summed E-state index contributed by atoms with van der Waals surface area (Å²) in [5.41, 5.74) is 0.321. The van der Waals surface area contributed by atoms with Crippen LogP contribution in [0.2, 0.25) is 0 Å². The van der Waals surface area contributed by atoms with Gasteiger partial charge in [0.1, 0.15) is 6.04 Å². The molecule has 0 aromatic carbocycles. The second-order valence-corrected chi connectivity index (χ2v) is 3.75. The number of carbonyl (C=O) groups excluding carboxylic acids is 1. The van der Waals surface area contributed by atoms with Crippen LogP contribution < -0.4 is 5.32 Å². The Kier molecular flexibility index (Phi) is 2.89. The first kappa shape index (κ1) is 10.0. The highest BCUT2D eigenvalue weighted by Crippen LogP contribution is 2.08. The van der Waals surface area contributed by atoms with Crippen LogP contribution in [0, 0.1) is 11.3 Å². The van der Waals surface area contributed by atoms with Gasteiger partial charge in [-0.15, -0.1) is 5.10 Å². The molecule has 1 fully saturated rings. The summed E-state index contributed by atoms with van der Waals surface area (Å²) in [4.78, 5) is 13.4. The molecule has 1 aliphatic rings. The van der Waals surface area contributed by atoms with E-state index in [1.54, 1.807) is 5.38 Å². The zero-order valence-corrected chi connectivity index (χ0v) is 8.70. The second-order valence-electron chi connectivity index (χ2n) is 3.14. The lowest BCUT2D eigenvalue weighted by Gasteiger charge is -2.31. The normalized spacial score (nSPS) is 21.0. The molecule has 1 unspecified atom stereocenters. The quantitative estimate of drug-likeness (QED) is 0.692. The molecule has 1 aromatic heterocycles. The number of aromatic nitrogens is 2. The number of hydrogen-bond acceptors (Lipinski definition) is 6. The molecule has 0 saturated carbocycles. The summed E-state index contributed by atoms with van der Waals surface area (Å²) in [6.45, 7) is 1.76. The van der Waals surface area contributed by atoms with Crippen molar-refractivity contribution in [2.24, 2.45) is 0 Å². The largest absolute Gasteiger partial charge is 0.319 e. The van der Waals surface area contributed by atoms with Gasteiger partial charge in [-0.3, -0.25) is 4.79 Å². The minimum absolute atomic E-state index is 0.211. The predicted octanol–water partition coefficient (Wildman–Crippen LogP) is -0.524. The SMILES string of the molecule is N#CC1CNCCN1C(=O)c1csnn1. The lowest BCUT2D eigenvalue weighted by atomic mass is 10.2. The molecule has 1 N–H and O–H groups in total. The Labute approximate surface area is 90.7 Å². The number of nitriles is 1. The Morgan fingerprint density at radius 3 is 3.33 bits per heavy atom. The van der Waals surface area contributed by atoms with E-state index in [2.05, 4.69) is 21.0 Å². The molecule has 1 aliphatic heterocycles. The van der Waals surface area contributed by atoms with Crippen LogP contribution in [0.1, 0.15) is 10.5 Å². The Hall–Kier alpha value is -1.52. The van der Waals surface area contributed by atoms with Crippen LogP contribution in [0.5, 0.6) is 0 Å². The first-order chi connectivity index (χ1) is 7.33. The molecule has 0 spiro atoms. The molecule has 0 aliphatic carbocycles. The van der Waals surface area contributed by atoms with Gasteiger partial charge in [0.05, 0.1) is 6.07 Å². The summed E-state index contributed by atoms with van der Waals surface area (Å²) in [6.07, 6.45) is 0. The summed E-state index contributed by atoms with van der Waals surface area (Å²) in [7, 11) is 0. The van der Waals surface area contributed by atoms with E-state index in [1.165, 1.54) is 4.90 Å². The molecule has 1 aromatic rings. The molecule has 0 bridgehead atoms. The van der Waals surface area contributed by atoms with E-state index in [1.807, 2.05) is 0 Å². The second kappa shape index (κ2) is 4.33. The highest BCUT2D eigenvalue weighted by Gasteiger charge is 2.28. The number of nitrogens with zero attached hydrogens (tertiary/aromatic N) is 4. The fraction of sp³-hybridized carbons (Fsp3) is 0.500. The average Bonchev–Trinajstić information content (AvgIpc) is 2.81. The van der Waals surface area contributed by atoms with Gasteiger partial charge in [-0.2, -0.15) is 5.26 Å². The molecule has 1 saturated heterocycles. The summed E-state index contributed by atoms with van der Waals surface area (Å²) in [5, 5.41) is 17.3. The predicted molar refractivity (Wildman–Crippen MR) is 53.2 cm³/mol. The minimum Gasteiger partial charge on any atom is -0.319 e. The minimum atomic E-state index is -0.409. The fourth-order valence-electron chi connectivity index (χ4n) is 1.47. The van der Waals surface area contributed by atoms with Crippen molar-refractivity contribution in [3.8, 4) is 6.07 Å². The van der Waals surface area contributed by atoms with Crippen molar-refractivity contribution in [3.63, 3.8) is 0 Å². The molecular weight excluding hydrogens is 214 g/mol. The first-order valence-corrected chi connectivity index (χ1v) is 5.35. The molecule has 1 amide bonds. The van der Waals surface area contributed by atoms with E-state index < -0.39 is 6.04 Å². The highest BCUT2D eigenvalue weighted by atomic mass is 32.1. The summed E-state index contributed by atoms with van der Waals surface area (Å²) in [5.74, 6) is -0.211. The third-order valence-corrected chi connectivity index (χ3v) is 2.74. The highest BCUT2D eigenvalue weighted by molar-refractivity contribution is 7.03. The monoisotopic (exact) mass is 223 g/mol. The van der Waals surface area contributed by atoms with E-state index in [4.69, 9.17) is 5.26 Å². The fourth-order valence-corrected chi connectivity index (χ4v) is 1.90. The standard InChI is InChI=1S/C8H9N5OS/c9-3-6-4-10-1-2-13(6)8(14)7-5-15-12-11-7/h5-6,10H,1-2,4H2. The molecular formula is C8H9N5OS. The van der Waals surface area contributed by atoms with E-state index in [0.717, 1.165) is 11.5 Å². The number of amides is 1. The molecule has 15 heavy (non-hydrogen) atoms. The number of nitrogens with one attached hydrogen (secondary N) is 1. The number of piperazine rings is 1. The Morgan fingerprint density at radius 2 is 2.67 bits per heavy atom. The van der Waals surface area contributed by atoms with Gasteiger partial charge < -0.3 is 10.2 Å². The van der Waals surface area contributed by atoms with Gasteiger partial charge >= 0.3 is 0 Å². The van der Waals surface area contributed by atoms with Crippen LogP contribution in [-0.4, -0.2) is 46.1 Å². The Balaban J connectivity index is 2.15. The van der Waals surface area contributed by atoms with Gasteiger partial charge in [0.25, 0.3) is 5.91 Å². The van der Waals surface area contributed by atoms with Gasteiger partial charge in [0.15, 0.2) is 5.69 Å². The third kappa shape index (κ3) is 1.95. The van der Waals surface area contributed by atoms with E-state index in [9.17, 15) is 4.79 Å². The topological polar surface area (TPSA) is 81.9 Å². The third-order valence-electron chi connectivity index (χ3n) is 2.23. The van der Waals surface area contributed by atoms with Gasteiger partial charge in [-0.1, -0.05) is 4.49 Å². The van der Waals surface area contributed by atoms with Crippen molar-refractivity contribution in [2.45, 2.75) is 6.04 Å². The maximum Gasteiger partial charge on any atom is 0.276 e. The molecule has 78 valence electrons. The number of rotatable bonds is 1. The van der Waals surface area contributed by atoms with Crippen molar-refractivity contribution in [1.82, 2.24) is 19.8 Å². The van der Waals surface area contributed by atoms with Gasteiger partial charge in [0.2, 0.25) is 0 Å². The molecule has 0 radical (unpaired) electrons. The van der Waals surface area contributed by atoms with Crippen molar-refractivity contribution < 1.29 is 4.79 Å². The Bertz CT molecular complexity index is 384. The Morgan fingerprint density at radius 1 is 1.80 bits per heavy atom. The van der Waals surface area contributed by atoms with Crippen molar-refractivity contribution in [2.75, 3.05) is 19.6 Å². The molecule has 6 nitrogen and oxygen atoms in total. The molecule has 7 heteroatoms. The zero-order valence-electron chi connectivity index (χ0n) is 7.88. The first-order valence-electron chi connectivity index (χ1n) is 4.51. The zero-order chi connectivity index (χ0) is 10.7. The summed E-state index contributed by atoms with van der Waals surface area (Å²) < 4.78 is 3.63. The molecule has 2 heterocycles. The van der Waals surface area contributed by atoms with Crippen molar-refractivity contribution in [1.29, 1.82) is 5.26 Å². The van der Waals surface area contributed by atoms with Crippen LogP contribution >= 0.6 is 11.5 Å². The summed E-state index contributed by atoms with van der Waals surface area (Å²) >= 11 is 1.13. The number of carbonyl (C=O) groups is 1.